The first-order chi connectivity index (χ1) is 15.0. The summed E-state index contributed by atoms with van der Waals surface area (Å²) >= 11 is 5.93. The highest BCUT2D eigenvalue weighted by Gasteiger charge is 2.17. The van der Waals surface area contributed by atoms with Crippen molar-refractivity contribution in [2.75, 3.05) is 5.32 Å². The standard InChI is InChI=1S/C24H21ClN4O2/c1-16-4-9-22-18(11-16)12-19(23(30)28-22)15-29(14-17-3-2-10-26-13-17)24(31)27-21-7-5-20(25)6-8-21/h2-13H,14-15H2,1H3,(H,27,31)(H,28,30). The van der Waals surface area contributed by atoms with Crippen LogP contribution in [0.3, 0.4) is 0 Å². The minimum absolute atomic E-state index is 0.146. The minimum atomic E-state index is -0.324. The highest BCUT2D eigenvalue weighted by Crippen LogP contribution is 2.17. The molecule has 0 unspecified atom stereocenters. The molecule has 4 aromatic rings. The Balaban J connectivity index is 1.64. The summed E-state index contributed by atoms with van der Waals surface area (Å²) in [5.74, 6) is 0. The third-order valence-electron chi connectivity index (χ3n) is 4.92. The molecule has 0 aliphatic heterocycles. The summed E-state index contributed by atoms with van der Waals surface area (Å²) in [5.41, 5.74) is 3.64. The van der Waals surface area contributed by atoms with Gasteiger partial charge in [0.15, 0.2) is 0 Å². The predicted octanol–water partition coefficient (Wildman–Crippen LogP) is 5.12. The highest BCUT2D eigenvalue weighted by atomic mass is 35.5. The third kappa shape index (κ3) is 5.10. The fourth-order valence-electron chi connectivity index (χ4n) is 3.34. The van der Waals surface area contributed by atoms with E-state index in [9.17, 15) is 9.59 Å². The number of benzene rings is 2. The van der Waals surface area contributed by atoms with E-state index in [0.29, 0.717) is 22.8 Å². The summed E-state index contributed by atoms with van der Waals surface area (Å²) in [6.45, 7) is 2.45. The van der Waals surface area contributed by atoms with E-state index in [1.54, 1.807) is 41.6 Å². The molecule has 0 atom stereocenters. The maximum atomic E-state index is 13.1. The van der Waals surface area contributed by atoms with Crippen LogP contribution in [0.2, 0.25) is 5.02 Å². The van der Waals surface area contributed by atoms with E-state index >= 15 is 0 Å². The SMILES string of the molecule is Cc1ccc2[nH]c(=O)c(CN(Cc3cccnc3)C(=O)Nc3ccc(Cl)cc3)cc2c1. The molecular weight excluding hydrogens is 412 g/mol. The Morgan fingerprint density at radius 3 is 2.65 bits per heavy atom. The first-order valence-corrected chi connectivity index (χ1v) is 10.2. The predicted molar refractivity (Wildman–Crippen MR) is 123 cm³/mol. The molecule has 6 nitrogen and oxygen atoms in total. The molecule has 0 spiro atoms. The van der Waals surface area contributed by atoms with Crippen LogP contribution in [-0.4, -0.2) is 20.9 Å². The number of halogens is 1. The van der Waals surface area contributed by atoms with Crippen LogP contribution >= 0.6 is 11.6 Å². The lowest BCUT2D eigenvalue weighted by Gasteiger charge is -2.23. The zero-order valence-electron chi connectivity index (χ0n) is 16.9. The van der Waals surface area contributed by atoms with Gasteiger partial charge in [0.2, 0.25) is 0 Å². The molecule has 156 valence electrons. The quantitative estimate of drug-likeness (QED) is 0.459. The van der Waals surface area contributed by atoms with E-state index in [4.69, 9.17) is 11.6 Å². The Hall–Kier alpha value is -3.64. The molecule has 0 aliphatic carbocycles. The topological polar surface area (TPSA) is 78.1 Å². The monoisotopic (exact) mass is 432 g/mol. The molecule has 0 bridgehead atoms. The third-order valence-corrected chi connectivity index (χ3v) is 5.17. The van der Waals surface area contributed by atoms with Crippen molar-refractivity contribution < 1.29 is 4.79 Å². The van der Waals surface area contributed by atoms with Gasteiger partial charge in [-0.1, -0.05) is 29.3 Å². The molecule has 2 amide bonds. The number of carbonyl (C=O) groups excluding carboxylic acids is 1. The van der Waals surface area contributed by atoms with Gasteiger partial charge in [-0.25, -0.2) is 4.79 Å². The van der Waals surface area contributed by atoms with Crippen molar-refractivity contribution in [2.24, 2.45) is 0 Å². The van der Waals surface area contributed by atoms with E-state index in [-0.39, 0.29) is 18.1 Å². The molecule has 2 aromatic heterocycles. The zero-order chi connectivity index (χ0) is 21.8. The average molecular weight is 433 g/mol. The summed E-state index contributed by atoms with van der Waals surface area (Å²) in [4.78, 5) is 34.4. The fourth-order valence-corrected chi connectivity index (χ4v) is 3.47. The molecule has 0 saturated heterocycles. The van der Waals surface area contributed by atoms with Crippen LogP contribution in [0, 0.1) is 6.92 Å². The number of H-pyrrole nitrogens is 1. The van der Waals surface area contributed by atoms with Gasteiger partial charge in [0.1, 0.15) is 0 Å². The van der Waals surface area contributed by atoms with Crippen molar-refractivity contribution in [3.05, 3.63) is 105 Å². The lowest BCUT2D eigenvalue weighted by molar-refractivity contribution is 0.206. The lowest BCUT2D eigenvalue weighted by atomic mass is 10.1. The number of aromatic nitrogens is 2. The second kappa shape index (κ2) is 9.02. The smallest absolute Gasteiger partial charge is 0.322 e. The van der Waals surface area contributed by atoms with Gasteiger partial charge in [0, 0.05) is 40.7 Å². The van der Waals surface area contributed by atoms with E-state index in [2.05, 4.69) is 15.3 Å². The van der Waals surface area contributed by atoms with Crippen molar-refractivity contribution in [1.29, 1.82) is 0 Å². The molecule has 0 fully saturated rings. The second-order valence-electron chi connectivity index (χ2n) is 7.37. The zero-order valence-corrected chi connectivity index (χ0v) is 17.7. The number of amides is 2. The summed E-state index contributed by atoms with van der Waals surface area (Å²) in [7, 11) is 0. The number of carbonyl (C=O) groups is 1. The maximum absolute atomic E-state index is 13.1. The van der Waals surface area contributed by atoms with Crippen molar-refractivity contribution in [3.8, 4) is 0 Å². The minimum Gasteiger partial charge on any atom is -0.322 e. The number of fused-ring (bicyclic) bond motifs is 1. The van der Waals surface area contributed by atoms with Gasteiger partial charge in [-0.3, -0.25) is 9.78 Å². The van der Waals surface area contributed by atoms with Crippen LogP contribution < -0.4 is 10.9 Å². The number of hydrogen-bond donors (Lipinski definition) is 2. The lowest BCUT2D eigenvalue weighted by Crippen LogP contribution is -2.35. The van der Waals surface area contributed by atoms with Crippen molar-refractivity contribution in [2.45, 2.75) is 20.0 Å². The number of anilines is 1. The van der Waals surface area contributed by atoms with Gasteiger partial charge < -0.3 is 15.2 Å². The fraction of sp³-hybridized carbons (Fsp3) is 0.125. The number of hydrogen-bond acceptors (Lipinski definition) is 3. The van der Waals surface area contributed by atoms with Gasteiger partial charge in [-0.15, -0.1) is 0 Å². The van der Waals surface area contributed by atoms with Gasteiger partial charge in [-0.05, 0) is 66.4 Å². The van der Waals surface area contributed by atoms with Crippen LogP contribution in [0.15, 0.2) is 77.9 Å². The Kier molecular flexibility index (Phi) is 6.00. The van der Waals surface area contributed by atoms with Gasteiger partial charge in [-0.2, -0.15) is 0 Å². The summed E-state index contributed by atoms with van der Waals surface area (Å²) in [6.07, 6.45) is 3.38. The summed E-state index contributed by atoms with van der Waals surface area (Å²) in [6, 6.07) is 17.9. The number of pyridine rings is 2. The van der Waals surface area contributed by atoms with Crippen LogP contribution in [0.1, 0.15) is 16.7 Å². The average Bonchev–Trinajstić information content (AvgIpc) is 2.76. The van der Waals surface area contributed by atoms with E-state index < -0.39 is 0 Å². The number of urea groups is 1. The first-order valence-electron chi connectivity index (χ1n) is 9.81. The molecule has 2 aromatic carbocycles. The molecule has 0 saturated carbocycles. The largest absolute Gasteiger partial charge is 0.322 e. The Labute approximate surface area is 184 Å². The van der Waals surface area contributed by atoms with E-state index in [1.165, 1.54) is 0 Å². The van der Waals surface area contributed by atoms with Gasteiger partial charge in [0.25, 0.3) is 5.56 Å². The van der Waals surface area contributed by atoms with Crippen molar-refractivity contribution >= 4 is 34.2 Å². The normalized spacial score (nSPS) is 10.8. The molecule has 4 rings (SSSR count). The number of nitrogens with zero attached hydrogens (tertiary/aromatic N) is 2. The van der Waals surface area contributed by atoms with Gasteiger partial charge >= 0.3 is 6.03 Å². The molecular formula is C24H21ClN4O2. The molecule has 7 heteroatoms. The maximum Gasteiger partial charge on any atom is 0.322 e. The number of nitrogens with one attached hydrogen (secondary N) is 2. The molecule has 2 N–H and O–H groups in total. The van der Waals surface area contributed by atoms with Crippen LogP contribution in [0.25, 0.3) is 10.9 Å². The number of rotatable bonds is 5. The van der Waals surface area contributed by atoms with Crippen molar-refractivity contribution in [3.63, 3.8) is 0 Å². The molecule has 0 aliphatic rings. The summed E-state index contributed by atoms with van der Waals surface area (Å²) in [5, 5.41) is 4.38. The Morgan fingerprint density at radius 1 is 1.10 bits per heavy atom. The molecule has 31 heavy (non-hydrogen) atoms. The number of aryl methyl sites for hydroxylation is 1. The summed E-state index contributed by atoms with van der Waals surface area (Å²) < 4.78 is 0. The van der Waals surface area contributed by atoms with Crippen LogP contribution in [0.4, 0.5) is 10.5 Å². The van der Waals surface area contributed by atoms with Crippen molar-refractivity contribution in [1.82, 2.24) is 14.9 Å². The van der Waals surface area contributed by atoms with Crippen LogP contribution in [-0.2, 0) is 13.1 Å². The Bertz CT molecular complexity index is 1270. The first kappa shape index (κ1) is 20.6. The van der Waals surface area contributed by atoms with Crippen LogP contribution in [0.5, 0.6) is 0 Å². The van der Waals surface area contributed by atoms with E-state index in [1.807, 2.05) is 43.3 Å². The molecule has 0 radical (unpaired) electrons. The van der Waals surface area contributed by atoms with Gasteiger partial charge in [0.05, 0.1) is 6.54 Å². The highest BCUT2D eigenvalue weighted by molar-refractivity contribution is 6.30. The Morgan fingerprint density at radius 2 is 1.90 bits per heavy atom. The number of aromatic amines is 1. The second-order valence-corrected chi connectivity index (χ2v) is 7.81. The molecule has 2 heterocycles. The van der Waals surface area contributed by atoms with E-state index in [0.717, 1.165) is 22.0 Å².